The van der Waals surface area contributed by atoms with Crippen molar-refractivity contribution >= 4 is 5.69 Å². The largest absolute Gasteiger partial charge is 0.462 e. The lowest BCUT2D eigenvalue weighted by molar-refractivity contribution is -0.198. The highest BCUT2D eigenvalue weighted by molar-refractivity contribution is 5.41. The molecule has 1 aliphatic rings. The first-order chi connectivity index (χ1) is 8.65. The SMILES string of the molecule is CC.Nc1ccc(O[C@H]2OC[C@@H](O)C[C@@H]2O)cc1. The van der Waals surface area contributed by atoms with Crippen molar-refractivity contribution in [1.29, 1.82) is 0 Å². The van der Waals surface area contributed by atoms with Crippen LogP contribution in [0.1, 0.15) is 20.3 Å². The molecule has 5 heteroatoms. The molecule has 1 fully saturated rings. The maximum absolute atomic E-state index is 9.62. The summed E-state index contributed by atoms with van der Waals surface area (Å²) >= 11 is 0. The van der Waals surface area contributed by atoms with E-state index in [9.17, 15) is 10.2 Å². The quantitative estimate of drug-likeness (QED) is 0.690. The number of hydrogen-bond acceptors (Lipinski definition) is 5. The maximum Gasteiger partial charge on any atom is 0.226 e. The van der Waals surface area contributed by atoms with Crippen molar-refractivity contribution in [2.75, 3.05) is 12.3 Å². The zero-order chi connectivity index (χ0) is 13.5. The Morgan fingerprint density at radius 2 is 1.83 bits per heavy atom. The number of ether oxygens (including phenoxy) is 2. The zero-order valence-electron chi connectivity index (χ0n) is 10.7. The highest BCUT2D eigenvalue weighted by Gasteiger charge is 2.30. The molecular formula is C13H21NO4. The van der Waals surface area contributed by atoms with Gasteiger partial charge in [-0.2, -0.15) is 0 Å². The predicted octanol–water partition coefficient (Wildman–Crippen LogP) is 1.14. The van der Waals surface area contributed by atoms with Crippen molar-refractivity contribution < 1.29 is 19.7 Å². The molecule has 0 aromatic heterocycles. The molecule has 2 rings (SSSR count). The molecule has 18 heavy (non-hydrogen) atoms. The summed E-state index contributed by atoms with van der Waals surface area (Å²) in [5.74, 6) is 0.578. The van der Waals surface area contributed by atoms with Crippen LogP contribution in [-0.2, 0) is 4.74 Å². The molecule has 4 N–H and O–H groups in total. The summed E-state index contributed by atoms with van der Waals surface area (Å²) in [6.07, 6.45) is -1.91. The van der Waals surface area contributed by atoms with Gasteiger partial charge < -0.3 is 25.4 Å². The Bertz CT molecular complexity index is 341. The molecule has 1 aromatic carbocycles. The van der Waals surface area contributed by atoms with E-state index in [1.807, 2.05) is 13.8 Å². The average Bonchev–Trinajstić information content (AvgIpc) is 2.38. The van der Waals surface area contributed by atoms with Gasteiger partial charge in [0.15, 0.2) is 0 Å². The van der Waals surface area contributed by atoms with E-state index in [1.54, 1.807) is 24.3 Å². The smallest absolute Gasteiger partial charge is 0.226 e. The van der Waals surface area contributed by atoms with Crippen LogP contribution >= 0.6 is 0 Å². The molecule has 1 heterocycles. The van der Waals surface area contributed by atoms with E-state index in [1.165, 1.54) is 0 Å². The molecule has 102 valence electrons. The van der Waals surface area contributed by atoms with Crippen LogP contribution in [0.3, 0.4) is 0 Å². The van der Waals surface area contributed by atoms with E-state index in [0.29, 0.717) is 11.4 Å². The summed E-state index contributed by atoms with van der Waals surface area (Å²) < 4.78 is 10.6. The third kappa shape index (κ3) is 4.18. The van der Waals surface area contributed by atoms with Crippen molar-refractivity contribution in [3.63, 3.8) is 0 Å². The van der Waals surface area contributed by atoms with Crippen molar-refractivity contribution in [2.45, 2.75) is 38.8 Å². The summed E-state index contributed by atoms with van der Waals surface area (Å²) in [6.45, 7) is 4.18. The minimum absolute atomic E-state index is 0.177. The van der Waals surface area contributed by atoms with Gasteiger partial charge in [-0.05, 0) is 24.3 Å². The Morgan fingerprint density at radius 3 is 2.39 bits per heavy atom. The Labute approximate surface area is 107 Å². The summed E-state index contributed by atoms with van der Waals surface area (Å²) in [5.41, 5.74) is 6.18. The van der Waals surface area contributed by atoms with Gasteiger partial charge in [-0.3, -0.25) is 0 Å². The van der Waals surface area contributed by atoms with E-state index in [-0.39, 0.29) is 13.0 Å². The van der Waals surface area contributed by atoms with Gasteiger partial charge in [0.1, 0.15) is 11.9 Å². The molecule has 0 spiro atoms. The van der Waals surface area contributed by atoms with Crippen LogP contribution < -0.4 is 10.5 Å². The summed E-state index contributed by atoms with van der Waals surface area (Å²) in [5, 5.41) is 18.9. The Balaban J connectivity index is 0.000000771. The molecule has 0 amide bonds. The van der Waals surface area contributed by atoms with E-state index in [4.69, 9.17) is 15.2 Å². The van der Waals surface area contributed by atoms with Crippen molar-refractivity contribution in [3.8, 4) is 5.75 Å². The van der Waals surface area contributed by atoms with E-state index >= 15 is 0 Å². The lowest BCUT2D eigenvalue weighted by Crippen LogP contribution is -2.44. The van der Waals surface area contributed by atoms with Gasteiger partial charge in [0.25, 0.3) is 0 Å². The first-order valence-electron chi connectivity index (χ1n) is 6.15. The van der Waals surface area contributed by atoms with Crippen molar-refractivity contribution in [3.05, 3.63) is 24.3 Å². The monoisotopic (exact) mass is 255 g/mol. The number of aliphatic hydroxyl groups is 2. The second-order valence-electron chi connectivity index (χ2n) is 3.85. The van der Waals surface area contributed by atoms with Crippen LogP contribution in [0, 0.1) is 0 Å². The van der Waals surface area contributed by atoms with Crippen LogP contribution in [0.15, 0.2) is 24.3 Å². The van der Waals surface area contributed by atoms with Gasteiger partial charge in [-0.25, -0.2) is 0 Å². The lowest BCUT2D eigenvalue weighted by atomic mass is 10.1. The molecule has 0 unspecified atom stereocenters. The molecule has 0 saturated carbocycles. The fourth-order valence-electron chi connectivity index (χ4n) is 1.57. The number of nitrogens with two attached hydrogens (primary N) is 1. The standard InChI is InChI=1S/C11H15NO4.C2H6/c12-7-1-3-9(4-2-7)16-11-10(14)5-8(13)6-15-11;1-2/h1-4,8,10-11,13-14H,5-6,12H2;1-2H3/t8-,10-,11+;/m0./s1. The van der Waals surface area contributed by atoms with Gasteiger partial charge in [-0.15, -0.1) is 0 Å². The second-order valence-corrected chi connectivity index (χ2v) is 3.85. The first kappa shape index (κ1) is 14.8. The fourth-order valence-corrected chi connectivity index (χ4v) is 1.57. The van der Waals surface area contributed by atoms with E-state index < -0.39 is 18.5 Å². The average molecular weight is 255 g/mol. The summed E-state index contributed by atoms with van der Waals surface area (Å²) in [4.78, 5) is 0. The number of benzene rings is 1. The van der Waals surface area contributed by atoms with Crippen molar-refractivity contribution in [2.24, 2.45) is 0 Å². The Hall–Kier alpha value is -1.30. The van der Waals surface area contributed by atoms with Crippen LogP contribution in [0.4, 0.5) is 5.69 Å². The van der Waals surface area contributed by atoms with Gasteiger partial charge in [0.05, 0.1) is 12.7 Å². The third-order valence-electron chi connectivity index (χ3n) is 2.41. The van der Waals surface area contributed by atoms with Crippen LogP contribution in [-0.4, -0.2) is 35.3 Å². The Morgan fingerprint density at radius 1 is 1.22 bits per heavy atom. The molecule has 0 aliphatic carbocycles. The Kier molecular flexibility index (Phi) is 5.91. The van der Waals surface area contributed by atoms with E-state index in [0.717, 1.165) is 0 Å². The fraction of sp³-hybridized carbons (Fsp3) is 0.538. The minimum atomic E-state index is -0.818. The topological polar surface area (TPSA) is 84.9 Å². The van der Waals surface area contributed by atoms with Crippen LogP contribution in [0.2, 0.25) is 0 Å². The summed E-state index contributed by atoms with van der Waals surface area (Å²) in [7, 11) is 0. The normalized spacial score (nSPS) is 27.0. The first-order valence-corrected chi connectivity index (χ1v) is 6.15. The molecule has 3 atom stereocenters. The molecule has 1 aliphatic heterocycles. The molecule has 1 aromatic rings. The predicted molar refractivity (Wildman–Crippen MR) is 69.2 cm³/mol. The number of hydrogen-bond donors (Lipinski definition) is 3. The second kappa shape index (κ2) is 7.20. The van der Waals surface area contributed by atoms with Gasteiger partial charge in [0.2, 0.25) is 6.29 Å². The van der Waals surface area contributed by atoms with Crippen molar-refractivity contribution in [1.82, 2.24) is 0 Å². The highest BCUT2D eigenvalue weighted by Crippen LogP contribution is 2.20. The molecular weight excluding hydrogens is 234 g/mol. The van der Waals surface area contributed by atoms with E-state index in [2.05, 4.69) is 0 Å². The molecule has 0 radical (unpaired) electrons. The zero-order valence-corrected chi connectivity index (χ0v) is 10.7. The highest BCUT2D eigenvalue weighted by atomic mass is 16.7. The molecule has 1 saturated heterocycles. The number of nitrogen functional groups attached to an aromatic ring is 1. The van der Waals surface area contributed by atoms with Crippen LogP contribution in [0.25, 0.3) is 0 Å². The number of aliphatic hydroxyl groups excluding tert-OH is 2. The van der Waals surface area contributed by atoms with Gasteiger partial charge in [0, 0.05) is 12.1 Å². The summed E-state index contributed by atoms with van der Waals surface area (Å²) in [6, 6.07) is 6.83. The minimum Gasteiger partial charge on any atom is -0.462 e. The van der Waals surface area contributed by atoms with Gasteiger partial charge >= 0.3 is 0 Å². The number of anilines is 1. The van der Waals surface area contributed by atoms with Gasteiger partial charge in [-0.1, -0.05) is 13.8 Å². The molecule has 5 nitrogen and oxygen atoms in total. The maximum atomic E-state index is 9.62. The van der Waals surface area contributed by atoms with Crippen LogP contribution in [0.5, 0.6) is 5.75 Å². The molecule has 0 bridgehead atoms. The lowest BCUT2D eigenvalue weighted by Gasteiger charge is -2.30. The number of rotatable bonds is 2. The third-order valence-corrected chi connectivity index (χ3v) is 2.41.